The minimum absolute atomic E-state index is 0.0133. The van der Waals surface area contributed by atoms with Crippen molar-refractivity contribution in [3.8, 4) is 0 Å². The number of thiophene rings is 1. The zero-order valence-corrected chi connectivity index (χ0v) is 13.3. The second-order valence-electron chi connectivity index (χ2n) is 5.24. The number of nitrogens with zero attached hydrogens (tertiary/aromatic N) is 1. The van der Waals surface area contributed by atoms with Crippen molar-refractivity contribution in [1.29, 1.82) is 0 Å². The Morgan fingerprint density at radius 1 is 1.53 bits per heavy atom. The van der Waals surface area contributed by atoms with E-state index in [1.165, 1.54) is 0 Å². The number of amides is 1. The Balaban J connectivity index is 2.07. The smallest absolute Gasteiger partial charge is 0.311 e. The van der Waals surface area contributed by atoms with Gasteiger partial charge in [0.05, 0.1) is 15.1 Å². The van der Waals surface area contributed by atoms with Crippen molar-refractivity contribution in [2.45, 2.75) is 26.2 Å². The first kappa shape index (κ1) is 14.5. The zero-order valence-electron chi connectivity index (χ0n) is 10.9. The average Bonchev–Trinajstić information content (AvgIpc) is 2.95. The second-order valence-corrected chi connectivity index (χ2v) is 7.73. The van der Waals surface area contributed by atoms with E-state index >= 15 is 0 Å². The first-order chi connectivity index (χ1) is 8.83. The van der Waals surface area contributed by atoms with E-state index in [0.29, 0.717) is 19.5 Å². The molecule has 2 unspecified atom stereocenters. The monoisotopic (exact) mass is 345 g/mol. The molecule has 1 saturated heterocycles. The molecule has 4 nitrogen and oxygen atoms in total. The molecule has 1 aromatic heterocycles. The summed E-state index contributed by atoms with van der Waals surface area (Å²) < 4.78 is 0.999. The van der Waals surface area contributed by atoms with E-state index in [9.17, 15) is 14.7 Å². The molecule has 1 aliphatic heterocycles. The minimum atomic E-state index is -0.825. The maximum absolute atomic E-state index is 12.4. The van der Waals surface area contributed by atoms with Gasteiger partial charge in [0.25, 0.3) is 0 Å². The molecule has 0 aliphatic carbocycles. The van der Waals surface area contributed by atoms with E-state index in [0.717, 1.165) is 8.66 Å². The first-order valence-corrected chi connectivity index (χ1v) is 7.72. The fraction of sp³-hybridized carbons (Fsp3) is 0.538. The summed E-state index contributed by atoms with van der Waals surface area (Å²) in [5.74, 6) is -1.03. The zero-order chi connectivity index (χ0) is 14.2. The standard InChI is InChI=1S/C13H16BrNO3S/c1-8(9-3-4-10(14)19-9)11(16)15-6-5-13(2,7-15)12(17)18/h3-4,8H,5-7H2,1-2H3,(H,17,18). The number of halogens is 1. The van der Waals surface area contributed by atoms with Crippen LogP contribution in [0.5, 0.6) is 0 Å². The van der Waals surface area contributed by atoms with Gasteiger partial charge in [0.15, 0.2) is 0 Å². The normalized spacial score (nSPS) is 24.5. The lowest BCUT2D eigenvalue weighted by molar-refractivity contribution is -0.147. The van der Waals surface area contributed by atoms with Crippen LogP contribution in [0, 0.1) is 5.41 Å². The molecule has 104 valence electrons. The van der Waals surface area contributed by atoms with Crippen molar-refractivity contribution < 1.29 is 14.7 Å². The lowest BCUT2D eigenvalue weighted by Crippen LogP contribution is -2.36. The van der Waals surface area contributed by atoms with Gasteiger partial charge in [-0.1, -0.05) is 0 Å². The first-order valence-electron chi connectivity index (χ1n) is 6.11. The lowest BCUT2D eigenvalue weighted by Gasteiger charge is -2.22. The molecule has 1 fully saturated rings. The third-order valence-electron chi connectivity index (χ3n) is 3.69. The topological polar surface area (TPSA) is 57.6 Å². The molecule has 2 heterocycles. The number of likely N-dealkylation sites (tertiary alicyclic amines) is 1. The van der Waals surface area contributed by atoms with Crippen LogP contribution in [0.1, 0.15) is 31.1 Å². The Morgan fingerprint density at radius 2 is 2.21 bits per heavy atom. The van der Waals surface area contributed by atoms with Gasteiger partial charge in [0.1, 0.15) is 0 Å². The molecule has 19 heavy (non-hydrogen) atoms. The summed E-state index contributed by atoms with van der Waals surface area (Å²) in [6.07, 6.45) is 0.523. The number of hydrogen-bond acceptors (Lipinski definition) is 3. The van der Waals surface area contributed by atoms with Crippen molar-refractivity contribution in [3.63, 3.8) is 0 Å². The number of aliphatic carboxylic acids is 1. The largest absolute Gasteiger partial charge is 0.481 e. The van der Waals surface area contributed by atoms with Gasteiger partial charge < -0.3 is 10.0 Å². The third-order valence-corrected chi connectivity index (χ3v) is 5.50. The Kier molecular flexibility index (Phi) is 4.01. The number of carbonyl (C=O) groups excluding carboxylic acids is 1. The molecular formula is C13H16BrNO3S. The summed E-state index contributed by atoms with van der Waals surface area (Å²) in [5.41, 5.74) is -0.800. The Morgan fingerprint density at radius 3 is 2.68 bits per heavy atom. The maximum atomic E-state index is 12.4. The van der Waals surface area contributed by atoms with Gasteiger partial charge >= 0.3 is 5.97 Å². The van der Waals surface area contributed by atoms with Crippen LogP contribution in [0.4, 0.5) is 0 Å². The summed E-state index contributed by atoms with van der Waals surface area (Å²) in [5, 5.41) is 9.19. The molecule has 0 saturated carbocycles. The number of carbonyl (C=O) groups is 2. The Bertz CT molecular complexity index is 516. The summed E-state index contributed by atoms with van der Waals surface area (Å²) in [6.45, 7) is 4.41. The van der Waals surface area contributed by atoms with Crippen molar-refractivity contribution >= 4 is 39.1 Å². The summed E-state index contributed by atoms with van der Waals surface area (Å²) in [7, 11) is 0. The van der Waals surface area contributed by atoms with E-state index in [1.54, 1.807) is 23.2 Å². The van der Waals surface area contributed by atoms with Crippen LogP contribution in [-0.2, 0) is 9.59 Å². The van der Waals surface area contributed by atoms with E-state index < -0.39 is 11.4 Å². The SMILES string of the molecule is CC(C(=O)N1CCC(C)(C(=O)O)C1)c1ccc(Br)s1. The Hall–Kier alpha value is -0.880. The average molecular weight is 346 g/mol. The maximum Gasteiger partial charge on any atom is 0.311 e. The van der Waals surface area contributed by atoms with Crippen LogP contribution >= 0.6 is 27.3 Å². The molecule has 0 radical (unpaired) electrons. The predicted octanol–water partition coefficient (Wildman–Crippen LogP) is 2.94. The van der Waals surface area contributed by atoms with Gasteiger partial charge in [0.2, 0.25) is 5.91 Å². The number of carboxylic acids is 1. The molecule has 1 N–H and O–H groups in total. The van der Waals surface area contributed by atoms with Crippen molar-refractivity contribution in [3.05, 3.63) is 20.8 Å². The highest BCUT2D eigenvalue weighted by Gasteiger charge is 2.43. The van der Waals surface area contributed by atoms with Crippen LogP contribution in [0.2, 0.25) is 0 Å². The molecule has 1 amide bonds. The van der Waals surface area contributed by atoms with Crippen molar-refractivity contribution in [1.82, 2.24) is 4.90 Å². The van der Waals surface area contributed by atoms with Gasteiger partial charge in [-0.05, 0) is 48.3 Å². The van der Waals surface area contributed by atoms with Gasteiger partial charge in [-0.25, -0.2) is 0 Å². The van der Waals surface area contributed by atoms with Gasteiger partial charge in [-0.15, -0.1) is 11.3 Å². The quantitative estimate of drug-likeness (QED) is 0.916. The van der Waals surface area contributed by atoms with E-state index in [-0.39, 0.29) is 11.8 Å². The molecular weight excluding hydrogens is 330 g/mol. The molecule has 2 rings (SSSR count). The molecule has 6 heteroatoms. The van der Waals surface area contributed by atoms with Crippen molar-refractivity contribution in [2.24, 2.45) is 5.41 Å². The highest BCUT2D eigenvalue weighted by molar-refractivity contribution is 9.11. The number of carboxylic acid groups (broad SMARTS) is 1. The lowest BCUT2D eigenvalue weighted by atomic mass is 9.90. The van der Waals surface area contributed by atoms with Crippen LogP contribution in [0.25, 0.3) is 0 Å². The third kappa shape index (κ3) is 2.84. The summed E-state index contributed by atoms with van der Waals surface area (Å²) in [6, 6.07) is 3.86. The predicted molar refractivity (Wildman–Crippen MR) is 77.4 cm³/mol. The molecule has 1 aliphatic rings. The highest BCUT2D eigenvalue weighted by Crippen LogP contribution is 2.34. The fourth-order valence-electron chi connectivity index (χ4n) is 2.28. The summed E-state index contributed by atoms with van der Waals surface area (Å²) in [4.78, 5) is 26.3. The van der Waals surface area contributed by atoms with Crippen LogP contribution in [0.15, 0.2) is 15.9 Å². The van der Waals surface area contributed by atoms with E-state index in [1.807, 2.05) is 19.1 Å². The van der Waals surface area contributed by atoms with E-state index in [2.05, 4.69) is 15.9 Å². The molecule has 2 atom stereocenters. The molecule has 1 aromatic rings. The van der Waals surface area contributed by atoms with Crippen molar-refractivity contribution in [2.75, 3.05) is 13.1 Å². The molecule has 0 aromatic carbocycles. The molecule has 0 spiro atoms. The number of hydrogen-bond donors (Lipinski definition) is 1. The van der Waals surface area contributed by atoms with Crippen LogP contribution in [0.3, 0.4) is 0 Å². The van der Waals surface area contributed by atoms with E-state index in [4.69, 9.17) is 0 Å². The van der Waals surface area contributed by atoms with Gasteiger partial charge in [-0.3, -0.25) is 9.59 Å². The van der Waals surface area contributed by atoms with Crippen LogP contribution in [-0.4, -0.2) is 35.0 Å². The highest BCUT2D eigenvalue weighted by atomic mass is 79.9. The van der Waals surface area contributed by atoms with Crippen LogP contribution < -0.4 is 0 Å². The fourth-order valence-corrected chi connectivity index (χ4v) is 3.75. The molecule has 0 bridgehead atoms. The second kappa shape index (κ2) is 5.25. The van der Waals surface area contributed by atoms with Gasteiger partial charge in [-0.2, -0.15) is 0 Å². The number of rotatable bonds is 3. The van der Waals surface area contributed by atoms with Gasteiger partial charge in [0, 0.05) is 18.0 Å². The Labute approximate surface area is 124 Å². The summed E-state index contributed by atoms with van der Waals surface area (Å²) >= 11 is 4.93. The minimum Gasteiger partial charge on any atom is -0.481 e.